The van der Waals surface area contributed by atoms with Gasteiger partial charge in [-0.1, -0.05) is 30.3 Å². The fourth-order valence-electron chi connectivity index (χ4n) is 3.06. The summed E-state index contributed by atoms with van der Waals surface area (Å²) in [5, 5.41) is 0. The predicted molar refractivity (Wildman–Crippen MR) is 100 cm³/mol. The minimum Gasteiger partial charge on any atom is -0.494 e. The van der Waals surface area contributed by atoms with Crippen LogP contribution in [0.5, 0.6) is 5.75 Å². The van der Waals surface area contributed by atoms with Crippen LogP contribution in [0.1, 0.15) is 28.4 Å². The quantitative estimate of drug-likeness (QED) is 0.492. The Labute approximate surface area is 146 Å². The van der Waals surface area contributed by atoms with E-state index in [1.807, 2.05) is 73.7 Å². The molecule has 0 radical (unpaired) electrons. The predicted octanol–water partition coefficient (Wildman–Crippen LogP) is 5.05. The Hall–Kier alpha value is -3.20. The molecule has 1 aliphatic carbocycles. The fraction of sp³-hybridized carbons (Fsp3) is 0.0909. The first-order valence-electron chi connectivity index (χ1n) is 8.31. The van der Waals surface area contributed by atoms with Crippen LogP contribution in [0.2, 0.25) is 0 Å². The maximum absolute atomic E-state index is 12.5. The maximum Gasteiger partial charge on any atom is 0.194 e. The SMILES string of the molecule is CCOc1ccc(C=Nc2ccc3c(c2)C(=O)c2ccccc2-3)cc1. The van der Waals surface area contributed by atoms with Crippen molar-refractivity contribution in [3.63, 3.8) is 0 Å². The molecule has 0 fully saturated rings. The molecule has 0 saturated carbocycles. The lowest BCUT2D eigenvalue weighted by molar-refractivity contribution is 0.104. The number of hydrogen-bond acceptors (Lipinski definition) is 3. The molecule has 0 heterocycles. The second-order valence-electron chi connectivity index (χ2n) is 5.86. The number of ketones is 1. The minimum absolute atomic E-state index is 0.0729. The number of hydrogen-bond donors (Lipinski definition) is 0. The molecule has 3 aromatic rings. The van der Waals surface area contributed by atoms with E-state index in [4.69, 9.17) is 4.74 Å². The Morgan fingerprint density at radius 2 is 1.60 bits per heavy atom. The largest absolute Gasteiger partial charge is 0.494 e. The van der Waals surface area contributed by atoms with Gasteiger partial charge in [-0.05, 0) is 60.0 Å². The monoisotopic (exact) mass is 327 g/mol. The molecule has 3 nitrogen and oxygen atoms in total. The zero-order chi connectivity index (χ0) is 17.2. The van der Waals surface area contributed by atoms with Crippen LogP contribution in [-0.2, 0) is 0 Å². The summed E-state index contributed by atoms with van der Waals surface area (Å²) in [6.07, 6.45) is 1.80. The zero-order valence-corrected chi connectivity index (χ0v) is 13.9. The third kappa shape index (κ3) is 2.85. The number of rotatable bonds is 4. The van der Waals surface area contributed by atoms with Gasteiger partial charge in [-0.3, -0.25) is 9.79 Å². The van der Waals surface area contributed by atoms with E-state index < -0.39 is 0 Å². The van der Waals surface area contributed by atoms with E-state index >= 15 is 0 Å². The van der Waals surface area contributed by atoms with Crippen LogP contribution in [0.3, 0.4) is 0 Å². The normalized spacial score (nSPS) is 12.3. The van der Waals surface area contributed by atoms with Crippen LogP contribution in [0.25, 0.3) is 11.1 Å². The molecule has 0 aromatic heterocycles. The molecule has 0 N–H and O–H groups in total. The molecule has 3 heteroatoms. The molecule has 0 amide bonds. The first kappa shape index (κ1) is 15.3. The van der Waals surface area contributed by atoms with Crippen molar-refractivity contribution in [2.45, 2.75) is 6.92 Å². The lowest BCUT2D eigenvalue weighted by atomic mass is 10.1. The molecule has 0 atom stereocenters. The van der Waals surface area contributed by atoms with E-state index in [0.717, 1.165) is 39.3 Å². The van der Waals surface area contributed by atoms with E-state index in [1.54, 1.807) is 6.21 Å². The number of aliphatic imine (C=N–C) groups is 1. The molecule has 0 spiro atoms. The van der Waals surface area contributed by atoms with E-state index in [2.05, 4.69) is 4.99 Å². The molecular formula is C22H17NO2. The van der Waals surface area contributed by atoms with Gasteiger partial charge in [-0.25, -0.2) is 0 Å². The highest BCUT2D eigenvalue weighted by molar-refractivity contribution is 6.22. The summed E-state index contributed by atoms with van der Waals surface area (Å²) in [4.78, 5) is 17.1. The highest BCUT2D eigenvalue weighted by atomic mass is 16.5. The molecule has 0 unspecified atom stereocenters. The van der Waals surface area contributed by atoms with Crippen molar-refractivity contribution in [3.8, 4) is 16.9 Å². The number of benzene rings is 3. The van der Waals surface area contributed by atoms with Crippen molar-refractivity contribution in [1.82, 2.24) is 0 Å². The number of carbonyl (C=O) groups excluding carboxylic acids is 1. The Balaban J connectivity index is 1.60. The molecule has 3 aromatic carbocycles. The maximum atomic E-state index is 12.5. The summed E-state index contributed by atoms with van der Waals surface area (Å²) in [6.45, 7) is 2.61. The zero-order valence-electron chi connectivity index (χ0n) is 13.9. The second kappa shape index (κ2) is 6.36. The van der Waals surface area contributed by atoms with Gasteiger partial charge in [-0.15, -0.1) is 0 Å². The molecule has 122 valence electrons. The third-order valence-corrected chi connectivity index (χ3v) is 4.26. The van der Waals surface area contributed by atoms with Crippen molar-refractivity contribution in [2.24, 2.45) is 4.99 Å². The van der Waals surface area contributed by atoms with Gasteiger partial charge in [0.1, 0.15) is 5.75 Å². The number of nitrogens with zero attached hydrogens (tertiary/aromatic N) is 1. The van der Waals surface area contributed by atoms with Gasteiger partial charge in [0.05, 0.1) is 12.3 Å². The van der Waals surface area contributed by atoms with Gasteiger partial charge in [0.15, 0.2) is 5.78 Å². The van der Waals surface area contributed by atoms with Crippen LogP contribution in [0.15, 0.2) is 71.7 Å². The Kier molecular flexibility index (Phi) is 3.90. The van der Waals surface area contributed by atoms with E-state index in [0.29, 0.717) is 6.61 Å². The second-order valence-corrected chi connectivity index (χ2v) is 5.86. The molecule has 25 heavy (non-hydrogen) atoms. The molecule has 1 aliphatic rings. The topological polar surface area (TPSA) is 38.7 Å². The van der Waals surface area contributed by atoms with Gasteiger partial charge >= 0.3 is 0 Å². The van der Waals surface area contributed by atoms with Gasteiger partial charge in [0, 0.05) is 17.3 Å². The summed E-state index contributed by atoms with van der Waals surface area (Å²) >= 11 is 0. The molecule has 4 rings (SSSR count). The average Bonchev–Trinajstić information content (AvgIpc) is 2.94. The van der Waals surface area contributed by atoms with Crippen molar-refractivity contribution < 1.29 is 9.53 Å². The van der Waals surface area contributed by atoms with Gasteiger partial charge in [-0.2, -0.15) is 0 Å². The molecule has 0 saturated heterocycles. The molecule has 0 bridgehead atoms. The van der Waals surface area contributed by atoms with Crippen molar-refractivity contribution in [3.05, 3.63) is 83.4 Å². The van der Waals surface area contributed by atoms with Gasteiger partial charge < -0.3 is 4.74 Å². The lowest BCUT2D eigenvalue weighted by Crippen LogP contribution is -1.94. The van der Waals surface area contributed by atoms with Crippen molar-refractivity contribution in [2.75, 3.05) is 6.61 Å². The summed E-state index contributed by atoms with van der Waals surface area (Å²) in [7, 11) is 0. The standard InChI is InChI=1S/C22H17NO2/c1-2-25-17-10-7-15(8-11-17)14-23-16-9-12-19-18-5-3-4-6-20(18)22(24)21(19)13-16/h3-14H,2H2,1H3. The van der Waals surface area contributed by atoms with Gasteiger partial charge in [0.2, 0.25) is 0 Å². The summed E-state index contributed by atoms with van der Waals surface area (Å²) in [5.74, 6) is 0.921. The summed E-state index contributed by atoms with van der Waals surface area (Å²) < 4.78 is 5.43. The molecular weight excluding hydrogens is 310 g/mol. The van der Waals surface area contributed by atoms with E-state index in [1.165, 1.54) is 0 Å². The number of ether oxygens (including phenoxy) is 1. The van der Waals surface area contributed by atoms with Crippen LogP contribution in [0.4, 0.5) is 5.69 Å². The minimum atomic E-state index is 0.0729. The lowest BCUT2D eigenvalue weighted by Gasteiger charge is -2.02. The summed E-state index contributed by atoms with van der Waals surface area (Å²) in [5.41, 5.74) is 5.24. The Morgan fingerprint density at radius 3 is 2.36 bits per heavy atom. The summed E-state index contributed by atoms with van der Waals surface area (Å²) in [6, 6.07) is 21.3. The average molecular weight is 327 g/mol. The van der Waals surface area contributed by atoms with Crippen LogP contribution in [0, 0.1) is 0 Å². The van der Waals surface area contributed by atoms with Crippen molar-refractivity contribution >= 4 is 17.7 Å². The smallest absolute Gasteiger partial charge is 0.194 e. The Morgan fingerprint density at radius 1 is 0.880 bits per heavy atom. The van der Waals surface area contributed by atoms with Crippen LogP contribution < -0.4 is 4.74 Å². The first-order chi connectivity index (χ1) is 12.3. The van der Waals surface area contributed by atoms with Crippen LogP contribution in [-0.4, -0.2) is 18.6 Å². The first-order valence-corrected chi connectivity index (χ1v) is 8.31. The third-order valence-electron chi connectivity index (χ3n) is 4.26. The highest BCUT2D eigenvalue weighted by Gasteiger charge is 2.25. The fourth-order valence-corrected chi connectivity index (χ4v) is 3.06. The molecule has 0 aliphatic heterocycles. The van der Waals surface area contributed by atoms with Crippen LogP contribution >= 0.6 is 0 Å². The van der Waals surface area contributed by atoms with Crippen molar-refractivity contribution in [1.29, 1.82) is 0 Å². The number of fused-ring (bicyclic) bond motifs is 3. The van der Waals surface area contributed by atoms with Gasteiger partial charge in [0.25, 0.3) is 0 Å². The number of carbonyl (C=O) groups is 1. The Bertz CT molecular complexity index is 972. The highest BCUT2D eigenvalue weighted by Crippen LogP contribution is 2.38. The van der Waals surface area contributed by atoms with E-state index in [9.17, 15) is 4.79 Å². The van der Waals surface area contributed by atoms with E-state index in [-0.39, 0.29) is 5.78 Å².